The highest BCUT2D eigenvalue weighted by atomic mass is 16.5. The van der Waals surface area contributed by atoms with Gasteiger partial charge in [-0.1, -0.05) is 18.2 Å². The van der Waals surface area contributed by atoms with Crippen molar-refractivity contribution < 1.29 is 14.2 Å². The van der Waals surface area contributed by atoms with Crippen LogP contribution in [0.2, 0.25) is 0 Å². The molecule has 0 bridgehead atoms. The first-order valence-electron chi connectivity index (χ1n) is 8.63. The number of ether oxygens (including phenoxy) is 3. The van der Waals surface area contributed by atoms with E-state index in [1.54, 1.807) is 7.11 Å². The van der Waals surface area contributed by atoms with Crippen LogP contribution in [-0.4, -0.2) is 33.9 Å². The minimum absolute atomic E-state index is 0.601. The predicted octanol–water partition coefficient (Wildman–Crippen LogP) is 4.37. The van der Waals surface area contributed by atoms with Crippen LogP contribution in [0.4, 0.5) is 5.69 Å². The van der Waals surface area contributed by atoms with E-state index >= 15 is 0 Å². The molecule has 0 amide bonds. The maximum Gasteiger partial charge on any atom is 0.161 e. The zero-order chi connectivity index (χ0) is 17.8. The molecule has 0 atom stereocenters. The molecule has 1 aliphatic rings. The number of anilines is 1. The minimum atomic E-state index is 0.601. The van der Waals surface area contributed by atoms with Crippen molar-refractivity contribution in [1.82, 2.24) is 0 Å². The highest BCUT2D eigenvalue weighted by Crippen LogP contribution is 2.37. The number of benzene rings is 2. The van der Waals surface area contributed by atoms with Crippen LogP contribution in [0.5, 0.6) is 17.2 Å². The van der Waals surface area contributed by atoms with Gasteiger partial charge in [0.1, 0.15) is 12.4 Å². The van der Waals surface area contributed by atoms with Crippen molar-refractivity contribution in [1.29, 1.82) is 0 Å². The van der Waals surface area contributed by atoms with Gasteiger partial charge in [0.15, 0.2) is 11.5 Å². The third-order valence-electron chi connectivity index (χ3n) is 4.43. The monoisotopic (exact) mass is 339 g/mol. The molecular formula is C21H25NO3. The number of rotatable bonds is 5. The Kier molecular flexibility index (Phi) is 5.17. The van der Waals surface area contributed by atoms with E-state index in [4.69, 9.17) is 14.2 Å². The van der Waals surface area contributed by atoms with Crippen molar-refractivity contribution in [3.63, 3.8) is 0 Å². The van der Waals surface area contributed by atoms with E-state index in [-0.39, 0.29) is 0 Å². The van der Waals surface area contributed by atoms with Gasteiger partial charge < -0.3 is 19.1 Å². The van der Waals surface area contributed by atoms with E-state index in [0.717, 1.165) is 52.8 Å². The molecule has 4 nitrogen and oxygen atoms in total. The molecule has 0 N–H and O–H groups in total. The summed E-state index contributed by atoms with van der Waals surface area (Å²) in [5, 5.41) is 0. The van der Waals surface area contributed by atoms with E-state index < -0.39 is 0 Å². The molecule has 0 aromatic heterocycles. The number of fused-ring (bicyclic) bond motifs is 1. The number of likely N-dealkylation sites (N-methyl/N-ethyl adjacent to an activating group) is 1. The van der Waals surface area contributed by atoms with Crippen LogP contribution in [-0.2, 0) is 0 Å². The minimum Gasteiger partial charge on any atom is -0.493 e. The molecule has 0 aliphatic carbocycles. The summed E-state index contributed by atoms with van der Waals surface area (Å²) in [4.78, 5) is 2.22. The lowest BCUT2D eigenvalue weighted by Gasteiger charge is -2.28. The van der Waals surface area contributed by atoms with E-state index in [1.807, 2.05) is 26.0 Å². The molecule has 2 aromatic rings. The second-order valence-electron chi connectivity index (χ2n) is 5.95. The van der Waals surface area contributed by atoms with Crippen LogP contribution in [0, 0.1) is 0 Å². The van der Waals surface area contributed by atoms with Gasteiger partial charge in [0, 0.05) is 7.05 Å². The normalized spacial score (nSPS) is 13.9. The van der Waals surface area contributed by atoms with E-state index in [2.05, 4.69) is 42.3 Å². The lowest BCUT2D eigenvalue weighted by atomic mass is 9.96. The number of hydrogen-bond acceptors (Lipinski definition) is 4. The van der Waals surface area contributed by atoms with Crippen molar-refractivity contribution in [2.75, 3.05) is 38.8 Å². The average molecular weight is 339 g/mol. The summed E-state index contributed by atoms with van der Waals surface area (Å²) in [7, 11) is 3.75. The summed E-state index contributed by atoms with van der Waals surface area (Å²) in [6.45, 7) is 6.25. The molecule has 2 aromatic carbocycles. The van der Waals surface area contributed by atoms with Crippen molar-refractivity contribution in [3.05, 3.63) is 53.6 Å². The van der Waals surface area contributed by atoms with Gasteiger partial charge >= 0.3 is 0 Å². The third kappa shape index (κ3) is 3.43. The van der Waals surface area contributed by atoms with Gasteiger partial charge in [0.2, 0.25) is 0 Å². The molecule has 0 unspecified atom stereocenters. The summed E-state index contributed by atoms with van der Waals surface area (Å²) in [5.41, 5.74) is 4.50. The summed E-state index contributed by atoms with van der Waals surface area (Å²) in [6.07, 6.45) is 2.12. The zero-order valence-corrected chi connectivity index (χ0v) is 15.3. The molecule has 0 radical (unpaired) electrons. The van der Waals surface area contributed by atoms with Gasteiger partial charge in [-0.05, 0) is 54.8 Å². The van der Waals surface area contributed by atoms with Gasteiger partial charge in [-0.2, -0.15) is 0 Å². The molecule has 0 saturated carbocycles. The van der Waals surface area contributed by atoms with Crippen molar-refractivity contribution >= 4 is 11.3 Å². The first-order valence-corrected chi connectivity index (χ1v) is 8.63. The van der Waals surface area contributed by atoms with Crippen LogP contribution < -0.4 is 19.1 Å². The fraction of sp³-hybridized carbons (Fsp3) is 0.333. The Morgan fingerprint density at radius 2 is 1.92 bits per heavy atom. The first-order chi connectivity index (χ1) is 12.2. The fourth-order valence-electron chi connectivity index (χ4n) is 3.14. The standard InChI is InChI=1S/C21H25NO3/c1-5-17(16-8-10-19(23-4)21(14-16)24-6-2)15-7-9-18-20(13-15)25-12-11-22(18)3/h5,7-10,13-14H,6,11-12H2,1-4H3/b17-5+. The predicted molar refractivity (Wildman–Crippen MR) is 102 cm³/mol. The van der Waals surface area contributed by atoms with E-state index in [9.17, 15) is 0 Å². The molecule has 0 spiro atoms. The molecule has 0 fully saturated rings. The second kappa shape index (κ2) is 7.51. The molecular weight excluding hydrogens is 314 g/mol. The Bertz CT molecular complexity index is 783. The van der Waals surface area contributed by atoms with Crippen LogP contribution >= 0.6 is 0 Å². The van der Waals surface area contributed by atoms with E-state index in [1.165, 1.54) is 0 Å². The molecule has 25 heavy (non-hydrogen) atoms. The zero-order valence-electron chi connectivity index (χ0n) is 15.3. The van der Waals surface area contributed by atoms with Crippen molar-refractivity contribution in [2.45, 2.75) is 13.8 Å². The summed E-state index contributed by atoms with van der Waals surface area (Å²) >= 11 is 0. The molecule has 4 heteroatoms. The third-order valence-corrected chi connectivity index (χ3v) is 4.43. The summed E-state index contributed by atoms with van der Waals surface area (Å²) in [5.74, 6) is 2.44. The Hall–Kier alpha value is -2.62. The number of nitrogens with zero attached hydrogens (tertiary/aromatic N) is 1. The molecule has 1 aliphatic heterocycles. The molecule has 1 heterocycles. The highest BCUT2D eigenvalue weighted by molar-refractivity contribution is 5.82. The van der Waals surface area contributed by atoms with Crippen molar-refractivity contribution in [3.8, 4) is 17.2 Å². The van der Waals surface area contributed by atoms with Crippen LogP contribution in [0.3, 0.4) is 0 Å². The van der Waals surface area contributed by atoms with Gasteiger partial charge in [0.25, 0.3) is 0 Å². The maximum absolute atomic E-state index is 5.85. The maximum atomic E-state index is 5.85. The van der Waals surface area contributed by atoms with Gasteiger partial charge in [-0.15, -0.1) is 0 Å². The molecule has 132 valence electrons. The highest BCUT2D eigenvalue weighted by Gasteiger charge is 2.17. The fourth-order valence-corrected chi connectivity index (χ4v) is 3.14. The van der Waals surface area contributed by atoms with Gasteiger partial charge in [-0.3, -0.25) is 0 Å². The second-order valence-corrected chi connectivity index (χ2v) is 5.95. The first kappa shape index (κ1) is 17.2. The quantitative estimate of drug-likeness (QED) is 0.809. The lowest BCUT2D eigenvalue weighted by Crippen LogP contribution is -2.28. The van der Waals surface area contributed by atoms with Gasteiger partial charge in [-0.25, -0.2) is 0 Å². The Balaban J connectivity index is 1.99. The number of hydrogen-bond donors (Lipinski definition) is 0. The SMILES string of the molecule is C/C=C(/c1ccc(OC)c(OCC)c1)c1ccc2c(c1)OCCN2C. The van der Waals surface area contributed by atoms with Crippen LogP contribution in [0.25, 0.3) is 5.57 Å². The average Bonchev–Trinajstić information content (AvgIpc) is 2.63. The Morgan fingerprint density at radius 1 is 1.16 bits per heavy atom. The summed E-state index contributed by atoms with van der Waals surface area (Å²) < 4.78 is 17.0. The van der Waals surface area contributed by atoms with E-state index in [0.29, 0.717) is 6.61 Å². The topological polar surface area (TPSA) is 30.9 Å². The Morgan fingerprint density at radius 3 is 2.64 bits per heavy atom. The van der Waals surface area contributed by atoms with Crippen LogP contribution in [0.15, 0.2) is 42.5 Å². The van der Waals surface area contributed by atoms with Crippen LogP contribution in [0.1, 0.15) is 25.0 Å². The smallest absolute Gasteiger partial charge is 0.161 e. The van der Waals surface area contributed by atoms with Crippen molar-refractivity contribution in [2.24, 2.45) is 0 Å². The summed E-state index contributed by atoms with van der Waals surface area (Å²) in [6, 6.07) is 12.4. The largest absolute Gasteiger partial charge is 0.493 e. The molecule has 0 saturated heterocycles. The lowest BCUT2D eigenvalue weighted by molar-refractivity contribution is 0.311. The molecule has 3 rings (SSSR count). The Labute approximate surface area is 149 Å². The number of allylic oxidation sites excluding steroid dienone is 1. The number of methoxy groups -OCH3 is 1. The van der Waals surface area contributed by atoms with Gasteiger partial charge in [0.05, 0.1) is 25.9 Å².